The molecule has 144 valence electrons. The lowest BCUT2D eigenvalue weighted by molar-refractivity contribution is -0.259. The van der Waals surface area contributed by atoms with Crippen molar-refractivity contribution in [2.45, 2.75) is 82.7 Å². The lowest BCUT2D eigenvalue weighted by atomic mass is 9.56. The highest BCUT2D eigenvalue weighted by Crippen LogP contribution is 2.76. The minimum Gasteiger partial charge on any atom is -0.444 e. The predicted molar refractivity (Wildman–Crippen MR) is 92.0 cm³/mol. The van der Waals surface area contributed by atoms with Gasteiger partial charge in [0.25, 0.3) is 0 Å². The first-order valence-electron chi connectivity index (χ1n) is 9.47. The molecule has 0 aromatic rings. The molecule has 2 saturated carbocycles. The summed E-state index contributed by atoms with van der Waals surface area (Å²) in [6.45, 7) is 8.96. The Morgan fingerprint density at radius 2 is 1.73 bits per heavy atom. The van der Waals surface area contributed by atoms with Crippen molar-refractivity contribution in [3.8, 4) is 0 Å². The fraction of sp³-hybridized carbons (Fsp3) is 0.800. The second-order valence-electron chi connectivity index (χ2n) is 9.38. The molecular weight excluding hydrogens is 336 g/mol. The lowest BCUT2D eigenvalue weighted by Crippen LogP contribution is -2.76. The van der Waals surface area contributed by atoms with Crippen molar-refractivity contribution in [2.24, 2.45) is 17.3 Å². The first-order valence-corrected chi connectivity index (χ1v) is 9.47. The molecular formula is C20H28O6. The zero-order valence-corrected chi connectivity index (χ0v) is 16.0. The van der Waals surface area contributed by atoms with Gasteiger partial charge in [-0.3, -0.25) is 9.59 Å². The topological polar surface area (TPSA) is 104 Å². The monoisotopic (exact) mass is 364 g/mol. The number of Topliss-reactive ketones (excluding diaryl/α,β-unsaturated/α-hetero) is 1. The molecule has 4 aliphatic rings. The zero-order chi connectivity index (χ0) is 19.5. The van der Waals surface area contributed by atoms with Gasteiger partial charge in [0, 0.05) is 17.8 Å². The van der Waals surface area contributed by atoms with E-state index in [0.717, 1.165) is 5.57 Å². The molecule has 0 radical (unpaired) electrons. The molecule has 0 aromatic carbocycles. The molecule has 6 atom stereocenters. The van der Waals surface area contributed by atoms with Crippen LogP contribution in [0.25, 0.3) is 0 Å². The van der Waals surface area contributed by atoms with E-state index in [4.69, 9.17) is 4.74 Å². The third-order valence-electron chi connectivity index (χ3n) is 8.18. The molecule has 1 heterocycles. The van der Waals surface area contributed by atoms with Crippen molar-refractivity contribution in [2.75, 3.05) is 0 Å². The molecule has 26 heavy (non-hydrogen) atoms. The standard InChI is InChI=1S/C20H28O6/c1-10(2)13-8-18(24)16(5)9-14(21)26-20(19(18,25)12(13)4)15(22)11(3)6-7-17(16,20)23/h10-11,23-25H,6-9H2,1-5H3. The van der Waals surface area contributed by atoms with Gasteiger partial charge in [-0.15, -0.1) is 0 Å². The maximum atomic E-state index is 13.4. The van der Waals surface area contributed by atoms with Crippen LogP contribution in [0.3, 0.4) is 0 Å². The zero-order valence-electron chi connectivity index (χ0n) is 16.0. The number of hydrogen-bond donors (Lipinski definition) is 3. The summed E-state index contributed by atoms with van der Waals surface area (Å²) >= 11 is 0. The molecule has 6 nitrogen and oxygen atoms in total. The highest BCUT2D eigenvalue weighted by atomic mass is 16.6. The Labute approximate surface area is 153 Å². The minimum absolute atomic E-state index is 0.0503. The maximum absolute atomic E-state index is 13.4. The number of carbonyl (C=O) groups excluding carboxylic acids is 2. The van der Waals surface area contributed by atoms with Gasteiger partial charge < -0.3 is 20.1 Å². The van der Waals surface area contributed by atoms with Crippen molar-refractivity contribution in [1.29, 1.82) is 0 Å². The number of aliphatic hydroxyl groups is 3. The van der Waals surface area contributed by atoms with Crippen molar-refractivity contribution < 1.29 is 29.6 Å². The molecule has 6 heteroatoms. The lowest BCUT2D eigenvalue weighted by Gasteiger charge is -2.56. The van der Waals surface area contributed by atoms with Gasteiger partial charge in [-0.05, 0) is 31.3 Å². The van der Waals surface area contributed by atoms with E-state index >= 15 is 0 Å². The highest BCUT2D eigenvalue weighted by molar-refractivity contribution is 5.99. The summed E-state index contributed by atoms with van der Waals surface area (Å²) in [6.07, 6.45) is 0.505. The van der Waals surface area contributed by atoms with Crippen LogP contribution in [0.1, 0.15) is 60.3 Å². The number of ketones is 1. The van der Waals surface area contributed by atoms with Gasteiger partial charge in [0.05, 0.1) is 6.42 Å². The Kier molecular flexibility index (Phi) is 3.21. The van der Waals surface area contributed by atoms with Gasteiger partial charge in [-0.1, -0.05) is 33.3 Å². The maximum Gasteiger partial charge on any atom is 0.307 e. The van der Waals surface area contributed by atoms with Gasteiger partial charge in [0.1, 0.15) is 11.2 Å². The molecule has 3 fully saturated rings. The summed E-state index contributed by atoms with van der Waals surface area (Å²) in [5, 5.41) is 35.7. The van der Waals surface area contributed by atoms with Crippen molar-refractivity contribution in [3.05, 3.63) is 11.1 Å². The van der Waals surface area contributed by atoms with Crippen LogP contribution in [-0.2, 0) is 14.3 Å². The Hall–Kier alpha value is -1.24. The molecule has 0 aromatic heterocycles. The Morgan fingerprint density at radius 3 is 2.31 bits per heavy atom. The average Bonchev–Trinajstić information content (AvgIpc) is 2.79. The van der Waals surface area contributed by atoms with Gasteiger partial charge in [-0.25, -0.2) is 0 Å². The summed E-state index contributed by atoms with van der Waals surface area (Å²) in [7, 11) is 0. The SMILES string of the molecule is CC1=C(C(C)C)CC2(O)C3(C)CC(=O)OC4(C(=O)C(C)CCC34O)C12O. The Morgan fingerprint density at radius 1 is 1.12 bits per heavy atom. The minimum atomic E-state index is -2.16. The smallest absolute Gasteiger partial charge is 0.307 e. The van der Waals surface area contributed by atoms with Crippen LogP contribution < -0.4 is 0 Å². The summed E-state index contributed by atoms with van der Waals surface area (Å²) in [5.74, 6) is -1.58. The van der Waals surface area contributed by atoms with Gasteiger partial charge in [0.2, 0.25) is 5.60 Å². The second-order valence-corrected chi connectivity index (χ2v) is 9.38. The van der Waals surface area contributed by atoms with Gasteiger partial charge in [-0.2, -0.15) is 0 Å². The van der Waals surface area contributed by atoms with E-state index in [-0.39, 0.29) is 25.2 Å². The van der Waals surface area contributed by atoms with Gasteiger partial charge >= 0.3 is 5.97 Å². The van der Waals surface area contributed by atoms with Crippen molar-refractivity contribution in [1.82, 2.24) is 0 Å². The summed E-state index contributed by atoms with van der Waals surface area (Å²) in [6, 6.07) is 0. The van der Waals surface area contributed by atoms with Crippen molar-refractivity contribution >= 4 is 11.8 Å². The molecule has 1 aliphatic heterocycles. The number of rotatable bonds is 1. The second kappa shape index (κ2) is 4.59. The van der Waals surface area contributed by atoms with Crippen LogP contribution in [0.15, 0.2) is 11.1 Å². The summed E-state index contributed by atoms with van der Waals surface area (Å²) < 4.78 is 5.62. The molecule has 0 amide bonds. The molecule has 6 unspecified atom stereocenters. The van der Waals surface area contributed by atoms with Crippen molar-refractivity contribution in [3.63, 3.8) is 0 Å². The van der Waals surface area contributed by atoms with Crippen LogP contribution in [0.2, 0.25) is 0 Å². The number of hydrogen-bond acceptors (Lipinski definition) is 6. The van der Waals surface area contributed by atoms with Crippen LogP contribution in [-0.4, -0.2) is 49.5 Å². The Bertz CT molecular complexity index is 770. The third kappa shape index (κ3) is 1.37. The molecule has 2 bridgehead atoms. The van der Waals surface area contributed by atoms with E-state index in [1.165, 1.54) is 0 Å². The van der Waals surface area contributed by atoms with Crippen LogP contribution in [0.4, 0.5) is 0 Å². The normalized spacial score (nSPS) is 53.0. The molecule has 4 rings (SSSR count). The van der Waals surface area contributed by atoms with Crippen LogP contribution in [0, 0.1) is 17.3 Å². The molecule has 3 aliphatic carbocycles. The predicted octanol–water partition coefficient (Wildman–Crippen LogP) is 1.26. The average molecular weight is 364 g/mol. The van der Waals surface area contributed by atoms with E-state index in [2.05, 4.69) is 0 Å². The first-order chi connectivity index (χ1) is 11.8. The number of ether oxygens (including phenoxy) is 1. The highest BCUT2D eigenvalue weighted by Gasteiger charge is 2.94. The van der Waals surface area contributed by atoms with E-state index in [9.17, 15) is 24.9 Å². The number of carbonyl (C=O) groups is 2. The van der Waals surface area contributed by atoms with Crippen LogP contribution >= 0.6 is 0 Å². The largest absolute Gasteiger partial charge is 0.444 e. The third-order valence-corrected chi connectivity index (χ3v) is 8.18. The number of fused-ring (bicyclic) bond motifs is 2. The fourth-order valence-corrected chi connectivity index (χ4v) is 6.63. The van der Waals surface area contributed by atoms with E-state index in [1.807, 2.05) is 13.8 Å². The summed E-state index contributed by atoms with van der Waals surface area (Å²) in [5.41, 5.74) is -7.99. The van der Waals surface area contributed by atoms with E-state index in [0.29, 0.717) is 12.0 Å². The fourth-order valence-electron chi connectivity index (χ4n) is 6.63. The Balaban J connectivity index is 2.13. The number of esters is 1. The first kappa shape index (κ1) is 18.1. The van der Waals surface area contributed by atoms with E-state index < -0.39 is 45.5 Å². The molecule has 1 saturated heterocycles. The van der Waals surface area contributed by atoms with Crippen LogP contribution in [0.5, 0.6) is 0 Å². The summed E-state index contributed by atoms with van der Waals surface area (Å²) in [4.78, 5) is 25.9. The van der Waals surface area contributed by atoms with Gasteiger partial charge in [0.15, 0.2) is 11.4 Å². The molecule has 3 N–H and O–H groups in total. The molecule has 0 spiro atoms. The van der Waals surface area contributed by atoms with E-state index in [1.54, 1.807) is 20.8 Å². The quantitative estimate of drug-likeness (QED) is 0.478.